The maximum absolute atomic E-state index is 13.6. The standard InChI is InChI=1S/C18H23FN4O3S/c1-13-18(27(25,26)22-10-5-6-11-22)14(2)23(21-13)12-9-17(24)20-16-8-4-3-7-15(16)19/h3-4,7-8H,5-6,9-12H2,1-2H3,(H,20,24). The monoisotopic (exact) mass is 394 g/mol. The molecule has 1 aliphatic rings. The van der Waals surface area contributed by atoms with Gasteiger partial charge in [0.1, 0.15) is 10.7 Å². The van der Waals surface area contributed by atoms with E-state index in [1.54, 1.807) is 26.0 Å². The zero-order valence-corrected chi connectivity index (χ0v) is 16.2. The molecule has 1 saturated heterocycles. The zero-order valence-electron chi connectivity index (χ0n) is 15.4. The van der Waals surface area contributed by atoms with Gasteiger partial charge in [0.2, 0.25) is 15.9 Å². The number of halogens is 1. The van der Waals surface area contributed by atoms with Crippen LogP contribution in [-0.4, -0.2) is 41.5 Å². The largest absolute Gasteiger partial charge is 0.324 e. The number of sulfonamides is 1. The Morgan fingerprint density at radius 1 is 1.22 bits per heavy atom. The van der Waals surface area contributed by atoms with Crippen molar-refractivity contribution in [2.24, 2.45) is 0 Å². The number of anilines is 1. The molecule has 0 radical (unpaired) electrons. The van der Waals surface area contributed by atoms with Crippen LogP contribution in [0.15, 0.2) is 29.2 Å². The molecule has 1 aliphatic heterocycles. The fraction of sp³-hybridized carbons (Fsp3) is 0.444. The van der Waals surface area contributed by atoms with Crippen LogP contribution in [-0.2, 0) is 21.4 Å². The second-order valence-electron chi connectivity index (χ2n) is 6.61. The molecule has 9 heteroatoms. The first kappa shape index (κ1) is 19.5. The molecule has 3 rings (SSSR count). The molecule has 1 fully saturated rings. The van der Waals surface area contributed by atoms with Crippen LogP contribution in [0.3, 0.4) is 0 Å². The van der Waals surface area contributed by atoms with E-state index < -0.39 is 15.8 Å². The van der Waals surface area contributed by atoms with Gasteiger partial charge in [0.05, 0.1) is 23.6 Å². The summed E-state index contributed by atoms with van der Waals surface area (Å²) in [5.74, 6) is -0.868. The van der Waals surface area contributed by atoms with Crippen molar-refractivity contribution in [3.63, 3.8) is 0 Å². The van der Waals surface area contributed by atoms with Gasteiger partial charge in [-0.1, -0.05) is 12.1 Å². The highest BCUT2D eigenvalue weighted by Gasteiger charge is 2.32. The maximum atomic E-state index is 13.6. The summed E-state index contributed by atoms with van der Waals surface area (Å²) < 4.78 is 42.3. The molecule has 2 aromatic rings. The number of hydrogen-bond donors (Lipinski definition) is 1. The minimum Gasteiger partial charge on any atom is -0.324 e. The number of amides is 1. The first-order valence-corrected chi connectivity index (χ1v) is 10.3. The number of para-hydroxylation sites is 1. The molecule has 1 aromatic carbocycles. The molecule has 1 N–H and O–H groups in total. The highest BCUT2D eigenvalue weighted by atomic mass is 32.2. The van der Waals surface area contributed by atoms with Gasteiger partial charge in [0.15, 0.2) is 0 Å². The van der Waals surface area contributed by atoms with E-state index >= 15 is 0 Å². The molecule has 0 aliphatic carbocycles. The van der Waals surface area contributed by atoms with Crippen LogP contribution in [0.2, 0.25) is 0 Å². The third kappa shape index (κ3) is 4.03. The van der Waals surface area contributed by atoms with Crippen LogP contribution < -0.4 is 5.32 Å². The average Bonchev–Trinajstić information content (AvgIpc) is 3.24. The van der Waals surface area contributed by atoms with Crippen LogP contribution in [0.4, 0.5) is 10.1 Å². The quantitative estimate of drug-likeness (QED) is 0.816. The first-order valence-electron chi connectivity index (χ1n) is 8.89. The van der Waals surface area contributed by atoms with Crippen LogP contribution >= 0.6 is 0 Å². The van der Waals surface area contributed by atoms with Crippen molar-refractivity contribution in [3.8, 4) is 0 Å². The van der Waals surface area contributed by atoms with Gasteiger partial charge in [0.25, 0.3) is 0 Å². The van der Waals surface area contributed by atoms with Gasteiger partial charge < -0.3 is 5.32 Å². The molecule has 0 spiro atoms. The Morgan fingerprint density at radius 3 is 2.56 bits per heavy atom. The molecule has 1 amide bonds. The molecule has 146 valence electrons. The summed E-state index contributed by atoms with van der Waals surface area (Å²) in [4.78, 5) is 12.3. The van der Waals surface area contributed by atoms with Gasteiger partial charge >= 0.3 is 0 Å². The lowest BCUT2D eigenvalue weighted by molar-refractivity contribution is -0.116. The number of rotatable bonds is 6. The van der Waals surface area contributed by atoms with Gasteiger partial charge in [-0.3, -0.25) is 9.48 Å². The topological polar surface area (TPSA) is 84.3 Å². The Balaban J connectivity index is 1.71. The fourth-order valence-corrected chi connectivity index (χ4v) is 5.20. The van der Waals surface area contributed by atoms with E-state index in [1.165, 1.54) is 21.1 Å². The molecule has 7 nitrogen and oxygen atoms in total. The van der Waals surface area contributed by atoms with Gasteiger partial charge in [-0.25, -0.2) is 12.8 Å². The van der Waals surface area contributed by atoms with Crippen molar-refractivity contribution in [2.75, 3.05) is 18.4 Å². The number of carbonyl (C=O) groups excluding carboxylic acids is 1. The van der Waals surface area contributed by atoms with Crippen LogP contribution in [0.1, 0.15) is 30.7 Å². The Hall–Kier alpha value is -2.26. The van der Waals surface area contributed by atoms with Crippen molar-refractivity contribution in [3.05, 3.63) is 41.5 Å². The number of benzene rings is 1. The Labute approximate surface area is 158 Å². The number of aromatic nitrogens is 2. The van der Waals surface area contributed by atoms with Crippen molar-refractivity contribution in [1.29, 1.82) is 0 Å². The van der Waals surface area contributed by atoms with Crippen LogP contribution in [0.25, 0.3) is 0 Å². The van der Waals surface area contributed by atoms with Crippen LogP contribution in [0, 0.1) is 19.7 Å². The van der Waals surface area contributed by atoms with E-state index in [9.17, 15) is 17.6 Å². The van der Waals surface area contributed by atoms with Crippen LogP contribution in [0.5, 0.6) is 0 Å². The number of hydrogen-bond acceptors (Lipinski definition) is 4. The SMILES string of the molecule is Cc1nn(CCC(=O)Nc2ccccc2F)c(C)c1S(=O)(=O)N1CCCC1. The van der Waals surface area contributed by atoms with E-state index in [2.05, 4.69) is 10.4 Å². The Kier molecular flexibility index (Phi) is 5.61. The fourth-order valence-electron chi connectivity index (χ4n) is 3.31. The van der Waals surface area contributed by atoms with Crippen molar-refractivity contribution in [2.45, 2.75) is 44.6 Å². The molecule has 0 bridgehead atoms. The lowest BCUT2D eigenvalue weighted by Crippen LogP contribution is -2.28. The minimum atomic E-state index is -3.57. The number of nitrogens with zero attached hydrogens (tertiary/aromatic N) is 3. The molecular weight excluding hydrogens is 371 g/mol. The second kappa shape index (κ2) is 7.77. The molecule has 0 unspecified atom stereocenters. The lowest BCUT2D eigenvalue weighted by atomic mass is 10.3. The summed E-state index contributed by atoms with van der Waals surface area (Å²) in [5.41, 5.74) is 1.06. The van der Waals surface area contributed by atoms with Crippen molar-refractivity contribution < 1.29 is 17.6 Å². The third-order valence-corrected chi connectivity index (χ3v) is 6.83. The number of carbonyl (C=O) groups is 1. The van der Waals surface area contributed by atoms with E-state index in [0.717, 1.165) is 12.8 Å². The highest BCUT2D eigenvalue weighted by Crippen LogP contribution is 2.26. The zero-order chi connectivity index (χ0) is 19.6. The summed E-state index contributed by atoms with van der Waals surface area (Å²) in [7, 11) is -3.57. The lowest BCUT2D eigenvalue weighted by Gasteiger charge is -2.15. The van der Waals surface area contributed by atoms with Crippen molar-refractivity contribution >= 4 is 21.6 Å². The summed E-state index contributed by atoms with van der Waals surface area (Å²) in [6, 6.07) is 5.93. The predicted octanol–water partition coefficient (Wildman–Crippen LogP) is 2.45. The highest BCUT2D eigenvalue weighted by molar-refractivity contribution is 7.89. The smallest absolute Gasteiger partial charge is 0.246 e. The Bertz CT molecular complexity index is 950. The third-order valence-electron chi connectivity index (χ3n) is 4.68. The molecule has 2 heterocycles. The molecule has 0 atom stereocenters. The van der Waals surface area contributed by atoms with E-state index in [4.69, 9.17) is 0 Å². The molecule has 27 heavy (non-hydrogen) atoms. The summed E-state index contributed by atoms with van der Waals surface area (Å²) in [6.07, 6.45) is 1.78. The van der Waals surface area contributed by atoms with Gasteiger partial charge in [-0.05, 0) is 38.8 Å². The maximum Gasteiger partial charge on any atom is 0.246 e. The second-order valence-corrected chi connectivity index (χ2v) is 8.49. The normalized spacial score (nSPS) is 15.2. The first-order chi connectivity index (χ1) is 12.8. The van der Waals surface area contributed by atoms with Gasteiger partial charge in [-0.2, -0.15) is 9.40 Å². The number of aryl methyl sites for hydroxylation is 2. The van der Waals surface area contributed by atoms with Gasteiger partial charge in [0, 0.05) is 19.5 Å². The van der Waals surface area contributed by atoms with E-state index in [0.29, 0.717) is 24.5 Å². The van der Waals surface area contributed by atoms with E-state index in [-0.39, 0.29) is 29.5 Å². The van der Waals surface area contributed by atoms with E-state index in [1.807, 2.05) is 0 Å². The Morgan fingerprint density at radius 2 is 1.89 bits per heavy atom. The molecular formula is C18H23FN4O3S. The predicted molar refractivity (Wildman–Crippen MR) is 99.3 cm³/mol. The molecule has 0 saturated carbocycles. The average molecular weight is 394 g/mol. The minimum absolute atomic E-state index is 0.0551. The van der Waals surface area contributed by atoms with Gasteiger partial charge in [-0.15, -0.1) is 0 Å². The summed E-state index contributed by atoms with van der Waals surface area (Å²) in [5, 5.41) is 6.82. The number of nitrogens with one attached hydrogen (secondary N) is 1. The molecule has 1 aromatic heterocycles. The summed E-state index contributed by atoms with van der Waals surface area (Å²) >= 11 is 0. The summed E-state index contributed by atoms with van der Waals surface area (Å²) in [6.45, 7) is 4.61. The van der Waals surface area contributed by atoms with Crippen molar-refractivity contribution in [1.82, 2.24) is 14.1 Å².